The van der Waals surface area contributed by atoms with Crippen LogP contribution in [0, 0.1) is 10.1 Å². The SMILES string of the molecule is O=C(CCC(=O)NN=Cc1ccc([N+](=O)[O-])s1)NCc1ccccc1. The molecule has 9 heteroatoms. The fourth-order valence-electron chi connectivity index (χ4n) is 1.85. The average molecular weight is 360 g/mol. The molecule has 0 aliphatic carbocycles. The van der Waals surface area contributed by atoms with E-state index in [4.69, 9.17) is 0 Å². The molecule has 0 radical (unpaired) electrons. The molecular weight excluding hydrogens is 344 g/mol. The van der Waals surface area contributed by atoms with Gasteiger partial charge >= 0.3 is 5.00 Å². The van der Waals surface area contributed by atoms with Gasteiger partial charge in [0, 0.05) is 25.5 Å². The summed E-state index contributed by atoms with van der Waals surface area (Å²) in [6.07, 6.45) is 1.38. The molecule has 0 aliphatic heterocycles. The number of hydrazone groups is 1. The van der Waals surface area contributed by atoms with Crippen LogP contribution in [-0.2, 0) is 16.1 Å². The minimum absolute atomic E-state index is 0.00253. The molecule has 1 aromatic carbocycles. The van der Waals surface area contributed by atoms with Crippen LogP contribution in [0.15, 0.2) is 47.6 Å². The molecule has 1 heterocycles. The molecule has 0 unspecified atom stereocenters. The van der Waals surface area contributed by atoms with E-state index < -0.39 is 10.8 Å². The summed E-state index contributed by atoms with van der Waals surface area (Å²) in [5.41, 5.74) is 3.27. The molecule has 0 atom stereocenters. The van der Waals surface area contributed by atoms with E-state index in [1.54, 1.807) is 0 Å². The number of carbonyl (C=O) groups is 2. The summed E-state index contributed by atoms with van der Waals surface area (Å²) >= 11 is 0.952. The Balaban J connectivity index is 1.66. The third kappa shape index (κ3) is 6.51. The fourth-order valence-corrected chi connectivity index (χ4v) is 2.54. The molecule has 1 aromatic heterocycles. The molecule has 2 N–H and O–H groups in total. The molecule has 0 saturated heterocycles. The highest BCUT2D eigenvalue weighted by Gasteiger charge is 2.09. The Kier molecular flexibility index (Phi) is 6.78. The van der Waals surface area contributed by atoms with Crippen molar-refractivity contribution in [3.8, 4) is 0 Å². The first-order chi connectivity index (χ1) is 12.0. The second-order valence-corrected chi connectivity index (χ2v) is 6.08. The molecule has 2 rings (SSSR count). The van der Waals surface area contributed by atoms with Gasteiger partial charge in [-0.05, 0) is 11.6 Å². The topological polar surface area (TPSA) is 114 Å². The van der Waals surface area contributed by atoms with Crippen molar-refractivity contribution in [2.75, 3.05) is 0 Å². The van der Waals surface area contributed by atoms with Crippen molar-refractivity contribution in [1.82, 2.24) is 10.7 Å². The summed E-state index contributed by atoms with van der Waals surface area (Å²) in [7, 11) is 0. The van der Waals surface area contributed by atoms with Crippen LogP contribution in [0.1, 0.15) is 23.3 Å². The number of benzene rings is 1. The first-order valence-corrected chi connectivity index (χ1v) is 8.23. The van der Waals surface area contributed by atoms with Gasteiger partial charge in [-0.2, -0.15) is 5.10 Å². The normalized spacial score (nSPS) is 10.6. The van der Waals surface area contributed by atoms with Crippen molar-refractivity contribution in [2.45, 2.75) is 19.4 Å². The standard InChI is InChI=1S/C16H16N4O4S/c21-14(17-10-12-4-2-1-3-5-12)7-8-15(22)19-18-11-13-6-9-16(25-13)20(23)24/h1-6,9,11H,7-8,10H2,(H,17,21)(H,19,22). The number of thiophene rings is 1. The number of hydrogen-bond acceptors (Lipinski definition) is 6. The van der Waals surface area contributed by atoms with Crippen molar-refractivity contribution in [1.29, 1.82) is 0 Å². The zero-order valence-electron chi connectivity index (χ0n) is 13.2. The highest BCUT2D eigenvalue weighted by molar-refractivity contribution is 7.16. The Morgan fingerprint density at radius 3 is 2.52 bits per heavy atom. The van der Waals surface area contributed by atoms with Gasteiger partial charge in [0.15, 0.2) is 0 Å². The van der Waals surface area contributed by atoms with Gasteiger partial charge < -0.3 is 5.32 Å². The minimum atomic E-state index is -0.491. The van der Waals surface area contributed by atoms with Gasteiger partial charge in [0.2, 0.25) is 11.8 Å². The van der Waals surface area contributed by atoms with Crippen molar-refractivity contribution in [3.05, 3.63) is 63.0 Å². The lowest BCUT2D eigenvalue weighted by Crippen LogP contribution is -2.25. The summed E-state index contributed by atoms with van der Waals surface area (Å²) < 4.78 is 0. The number of carbonyl (C=O) groups excluding carboxylic acids is 2. The number of nitro groups is 1. The summed E-state index contributed by atoms with van der Waals surface area (Å²) in [5, 5.41) is 17.0. The van der Waals surface area contributed by atoms with Gasteiger partial charge in [0.05, 0.1) is 16.0 Å². The Morgan fingerprint density at radius 2 is 1.84 bits per heavy atom. The second-order valence-electron chi connectivity index (χ2n) is 4.99. The molecular formula is C16H16N4O4S. The van der Waals surface area contributed by atoms with Crippen LogP contribution in [0.25, 0.3) is 0 Å². The van der Waals surface area contributed by atoms with Crippen molar-refractivity contribution >= 4 is 34.4 Å². The van der Waals surface area contributed by atoms with Gasteiger partial charge in [-0.25, -0.2) is 5.43 Å². The minimum Gasteiger partial charge on any atom is -0.352 e. The first-order valence-electron chi connectivity index (χ1n) is 7.41. The smallest absolute Gasteiger partial charge is 0.324 e. The van der Waals surface area contributed by atoms with E-state index in [1.807, 2.05) is 30.3 Å². The van der Waals surface area contributed by atoms with Crippen molar-refractivity contribution < 1.29 is 14.5 Å². The van der Waals surface area contributed by atoms with E-state index >= 15 is 0 Å². The van der Waals surface area contributed by atoms with Crippen LogP contribution in [-0.4, -0.2) is 23.0 Å². The van der Waals surface area contributed by atoms with Gasteiger partial charge in [0.1, 0.15) is 0 Å². The molecule has 0 spiro atoms. The summed E-state index contributed by atoms with van der Waals surface area (Å²) in [6, 6.07) is 12.4. The molecule has 0 saturated carbocycles. The average Bonchev–Trinajstić information content (AvgIpc) is 3.08. The predicted octanol–water partition coefficient (Wildman–Crippen LogP) is 2.20. The molecule has 130 valence electrons. The summed E-state index contributed by atoms with van der Waals surface area (Å²) in [5.74, 6) is -0.631. The maximum absolute atomic E-state index is 11.7. The predicted molar refractivity (Wildman–Crippen MR) is 94.2 cm³/mol. The van der Waals surface area contributed by atoms with Crippen LogP contribution < -0.4 is 10.7 Å². The molecule has 2 amide bonds. The van der Waals surface area contributed by atoms with Gasteiger partial charge in [-0.1, -0.05) is 41.7 Å². The van der Waals surface area contributed by atoms with E-state index in [0.29, 0.717) is 11.4 Å². The van der Waals surface area contributed by atoms with Crippen molar-refractivity contribution in [3.63, 3.8) is 0 Å². The second kappa shape index (κ2) is 9.28. The zero-order valence-corrected chi connectivity index (χ0v) is 14.0. The highest BCUT2D eigenvalue weighted by Crippen LogP contribution is 2.22. The number of hydrogen-bond donors (Lipinski definition) is 2. The van der Waals surface area contributed by atoms with Crippen LogP contribution in [0.4, 0.5) is 5.00 Å². The van der Waals surface area contributed by atoms with Gasteiger partial charge in [-0.3, -0.25) is 19.7 Å². The van der Waals surface area contributed by atoms with Crippen LogP contribution in [0.2, 0.25) is 0 Å². The summed E-state index contributed by atoms with van der Waals surface area (Å²) in [4.78, 5) is 33.9. The first kappa shape index (κ1) is 18.3. The van der Waals surface area contributed by atoms with Crippen molar-refractivity contribution in [2.24, 2.45) is 5.10 Å². The van der Waals surface area contributed by atoms with E-state index in [-0.39, 0.29) is 23.7 Å². The lowest BCUT2D eigenvalue weighted by molar-refractivity contribution is -0.380. The Bertz CT molecular complexity index is 773. The lowest BCUT2D eigenvalue weighted by Gasteiger charge is -2.04. The highest BCUT2D eigenvalue weighted by atomic mass is 32.1. The van der Waals surface area contributed by atoms with E-state index in [0.717, 1.165) is 16.9 Å². The Labute approximate surface area is 147 Å². The van der Waals surface area contributed by atoms with Gasteiger partial charge in [0.25, 0.3) is 0 Å². The quantitative estimate of drug-likeness (QED) is 0.427. The molecule has 8 nitrogen and oxygen atoms in total. The third-order valence-corrected chi connectivity index (χ3v) is 4.06. The molecule has 0 bridgehead atoms. The monoisotopic (exact) mass is 360 g/mol. The maximum Gasteiger partial charge on any atom is 0.324 e. The maximum atomic E-state index is 11.7. The summed E-state index contributed by atoms with van der Waals surface area (Å²) in [6.45, 7) is 0.413. The fraction of sp³-hybridized carbons (Fsp3) is 0.188. The Hall–Kier alpha value is -3.07. The molecule has 0 aliphatic rings. The number of rotatable bonds is 8. The number of nitrogens with one attached hydrogen (secondary N) is 2. The van der Waals surface area contributed by atoms with E-state index in [2.05, 4.69) is 15.8 Å². The lowest BCUT2D eigenvalue weighted by atomic mass is 10.2. The van der Waals surface area contributed by atoms with Crippen LogP contribution in [0.5, 0.6) is 0 Å². The van der Waals surface area contributed by atoms with E-state index in [9.17, 15) is 19.7 Å². The van der Waals surface area contributed by atoms with E-state index in [1.165, 1.54) is 18.3 Å². The molecule has 0 fully saturated rings. The number of amides is 2. The van der Waals surface area contributed by atoms with Crippen LogP contribution in [0.3, 0.4) is 0 Å². The number of nitrogens with zero attached hydrogens (tertiary/aromatic N) is 2. The third-order valence-electron chi connectivity index (χ3n) is 3.09. The molecule has 2 aromatic rings. The zero-order chi connectivity index (χ0) is 18.1. The van der Waals surface area contributed by atoms with Crippen LogP contribution >= 0.6 is 11.3 Å². The Morgan fingerprint density at radius 1 is 1.12 bits per heavy atom. The van der Waals surface area contributed by atoms with Gasteiger partial charge in [-0.15, -0.1) is 0 Å². The largest absolute Gasteiger partial charge is 0.352 e. The molecule has 25 heavy (non-hydrogen) atoms.